The number of nitrogens with one attached hydrogen (secondary N) is 1. The van der Waals surface area contributed by atoms with Crippen molar-refractivity contribution in [3.63, 3.8) is 0 Å². The third-order valence-electron chi connectivity index (χ3n) is 3.33. The van der Waals surface area contributed by atoms with Gasteiger partial charge in [0.1, 0.15) is 5.82 Å². The van der Waals surface area contributed by atoms with Crippen LogP contribution in [0, 0.1) is 13.8 Å². The van der Waals surface area contributed by atoms with Crippen molar-refractivity contribution < 1.29 is 9.59 Å². The topological polar surface area (TPSA) is 85.1 Å². The van der Waals surface area contributed by atoms with Gasteiger partial charge in [-0.1, -0.05) is 29.8 Å². The number of aromatic nitrogens is 1. The molecule has 3 N–H and O–H groups in total. The summed E-state index contributed by atoms with van der Waals surface area (Å²) < 4.78 is 0. The van der Waals surface area contributed by atoms with Crippen molar-refractivity contribution in [2.75, 3.05) is 11.1 Å². The summed E-state index contributed by atoms with van der Waals surface area (Å²) in [5.41, 5.74) is 8.55. The second-order valence-electron chi connectivity index (χ2n) is 5.21. The van der Waals surface area contributed by atoms with Gasteiger partial charge in [0.05, 0.1) is 11.4 Å². The van der Waals surface area contributed by atoms with Gasteiger partial charge in [0, 0.05) is 18.4 Å². The maximum Gasteiger partial charge on any atom is 0.224 e. The van der Waals surface area contributed by atoms with E-state index in [4.69, 9.17) is 5.73 Å². The lowest BCUT2D eigenvalue weighted by molar-refractivity contribution is -0.116. The fourth-order valence-corrected chi connectivity index (χ4v) is 2.04. The van der Waals surface area contributed by atoms with Crippen LogP contribution < -0.4 is 11.1 Å². The van der Waals surface area contributed by atoms with E-state index in [2.05, 4.69) is 10.3 Å². The number of nitrogens with two attached hydrogens (primary N) is 1. The summed E-state index contributed by atoms with van der Waals surface area (Å²) in [6.45, 7) is 3.73. The Labute approximate surface area is 129 Å². The molecule has 2 rings (SSSR count). The highest BCUT2D eigenvalue weighted by Crippen LogP contribution is 2.15. The lowest BCUT2D eigenvalue weighted by Crippen LogP contribution is -2.14. The van der Waals surface area contributed by atoms with Gasteiger partial charge in [0.2, 0.25) is 5.91 Å². The number of pyridine rings is 1. The molecule has 0 atom stereocenters. The van der Waals surface area contributed by atoms with E-state index in [0.29, 0.717) is 22.8 Å². The normalized spacial score (nSPS) is 10.3. The lowest BCUT2D eigenvalue weighted by Gasteiger charge is -2.08. The number of Topliss-reactive ketones (excluding diaryl/α,β-unsaturated/α-hetero) is 1. The van der Waals surface area contributed by atoms with Crippen molar-refractivity contribution in [1.29, 1.82) is 0 Å². The Kier molecular flexibility index (Phi) is 4.88. The first-order valence-corrected chi connectivity index (χ1v) is 7.08. The third kappa shape index (κ3) is 4.15. The molecule has 2 aromatic rings. The molecule has 0 saturated heterocycles. The average Bonchev–Trinajstić information content (AvgIpc) is 2.48. The van der Waals surface area contributed by atoms with Crippen LogP contribution in [0.15, 0.2) is 36.4 Å². The van der Waals surface area contributed by atoms with Crippen molar-refractivity contribution in [3.05, 3.63) is 53.2 Å². The Morgan fingerprint density at radius 1 is 1.05 bits per heavy atom. The zero-order valence-electron chi connectivity index (χ0n) is 12.7. The Balaban J connectivity index is 1.89. The minimum absolute atomic E-state index is 0.0395. The Morgan fingerprint density at radius 2 is 1.73 bits per heavy atom. The zero-order valence-corrected chi connectivity index (χ0v) is 12.7. The molecular weight excluding hydrogens is 278 g/mol. The predicted octanol–water partition coefficient (Wildman–Crippen LogP) is 2.88. The first-order valence-electron chi connectivity index (χ1n) is 7.08. The van der Waals surface area contributed by atoms with Gasteiger partial charge >= 0.3 is 0 Å². The van der Waals surface area contributed by atoms with Crippen LogP contribution in [0.4, 0.5) is 11.5 Å². The van der Waals surface area contributed by atoms with Crippen molar-refractivity contribution in [2.24, 2.45) is 0 Å². The van der Waals surface area contributed by atoms with E-state index in [9.17, 15) is 9.59 Å². The van der Waals surface area contributed by atoms with Crippen LogP contribution >= 0.6 is 0 Å². The van der Waals surface area contributed by atoms with Crippen LogP contribution in [-0.2, 0) is 4.79 Å². The van der Waals surface area contributed by atoms with Gasteiger partial charge in [0.15, 0.2) is 5.78 Å². The number of aryl methyl sites for hydroxylation is 2. The highest BCUT2D eigenvalue weighted by atomic mass is 16.2. The highest BCUT2D eigenvalue weighted by molar-refractivity contribution is 6.00. The minimum atomic E-state index is -0.213. The molecule has 1 aromatic heterocycles. The van der Waals surface area contributed by atoms with Crippen LogP contribution in [0.2, 0.25) is 0 Å². The number of ketones is 1. The summed E-state index contributed by atoms with van der Waals surface area (Å²) in [5, 5.41) is 2.74. The Hall–Kier alpha value is -2.69. The Bertz CT molecular complexity index is 694. The second-order valence-corrected chi connectivity index (χ2v) is 5.21. The van der Waals surface area contributed by atoms with Gasteiger partial charge in [-0.05, 0) is 26.0 Å². The van der Waals surface area contributed by atoms with E-state index in [-0.39, 0.29) is 24.5 Å². The molecule has 1 aromatic carbocycles. The number of hydrogen-bond acceptors (Lipinski definition) is 4. The maximum atomic E-state index is 12.0. The van der Waals surface area contributed by atoms with E-state index in [0.717, 1.165) is 5.56 Å². The maximum absolute atomic E-state index is 12.0. The van der Waals surface area contributed by atoms with Crippen molar-refractivity contribution >= 4 is 23.2 Å². The number of rotatable bonds is 5. The fourth-order valence-electron chi connectivity index (χ4n) is 2.04. The molecular formula is C17H19N3O2. The lowest BCUT2D eigenvalue weighted by atomic mass is 10.0. The number of anilines is 2. The number of nitrogen functional groups attached to an aromatic ring is 1. The smallest absolute Gasteiger partial charge is 0.224 e. The van der Waals surface area contributed by atoms with E-state index in [1.165, 1.54) is 0 Å². The quantitative estimate of drug-likeness (QED) is 0.831. The molecule has 5 heteroatoms. The van der Waals surface area contributed by atoms with Crippen molar-refractivity contribution in [2.45, 2.75) is 26.7 Å². The summed E-state index contributed by atoms with van der Waals surface area (Å²) in [5.74, 6) is 0.155. The molecule has 0 unspecified atom stereocenters. The molecule has 1 heterocycles. The molecule has 0 aliphatic heterocycles. The van der Waals surface area contributed by atoms with Crippen molar-refractivity contribution in [3.8, 4) is 0 Å². The molecule has 0 fully saturated rings. The van der Waals surface area contributed by atoms with Gasteiger partial charge in [-0.25, -0.2) is 4.98 Å². The average molecular weight is 297 g/mol. The van der Waals surface area contributed by atoms with E-state index in [1.807, 2.05) is 19.1 Å². The van der Waals surface area contributed by atoms with Gasteiger partial charge in [0.25, 0.3) is 0 Å². The molecule has 0 bridgehead atoms. The highest BCUT2D eigenvalue weighted by Gasteiger charge is 2.10. The minimum Gasteiger partial charge on any atom is -0.384 e. The summed E-state index contributed by atoms with van der Waals surface area (Å²) in [6.07, 6.45) is 0.312. The standard InChI is InChI=1S/C17H19N3O2/c1-11-3-5-13(6-4-11)15(21)8-10-17(22)20-14-7-9-16(18)19-12(14)2/h3-7,9H,8,10H2,1-2H3,(H2,18,19)(H,20,22). The van der Waals surface area contributed by atoms with E-state index in [1.54, 1.807) is 31.2 Å². The van der Waals surface area contributed by atoms with Gasteiger partial charge in [-0.2, -0.15) is 0 Å². The molecule has 0 spiro atoms. The van der Waals surface area contributed by atoms with Gasteiger partial charge in [-0.15, -0.1) is 0 Å². The Morgan fingerprint density at radius 3 is 2.36 bits per heavy atom. The third-order valence-corrected chi connectivity index (χ3v) is 3.33. The van der Waals surface area contributed by atoms with E-state index >= 15 is 0 Å². The second kappa shape index (κ2) is 6.85. The summed E-state index contributed by atoms with van der Waals surface area (Å²) in [6, 6.07) is 10.7. The van der Waals surface area contributed by atoms with Crippen LogP contribution in [0.1, 0.15) is 34.5 Å². The van der Waals surface area contributed by atoms with Crippen LogP contribution in [0.3, 0.4) is 0 Å². The van der Waals surface area contributed by atoms with E-state index < -0.39 is 0 Å². The molecule has 5 nitrogen and oxygen atoms in total. The molecule has 0 aliphatic rings. The number of carbonyl (C=O) groups is 2. The monoisotopic (exact) mass is 297 g/mol. The van der Waals surface area contributed by atoms with Crippen LogP contribution in [0.25, 0.3) is 0 Å². The van der Waals surface area contributed by atoms with Crippen LogP contribution in [-0.4, -0.2) is 16.7 Å². The number of hydrogen-bond donors (Lipinski definition) is 2. The molecule has 0 radical (unpaired) electrons. The fraction of sp³-hybridized carbons (Fsp3) is 0.235. The van der Waals surface area contributed by atoms with Gasteiger partial charge < -0.3 is 11.1 Å². The zero-order chi connectivity index (χ0) is 16.1. The molecule has 0 aliphatic carbocycles. The molecule has 114 valence electrons. The number of nitrogens with zero attached hydrogens (tertiary/aromatic N) is 1. The predicted molar refractivity (Wildman–Crippen MR) is 86.8 cm³/mol. The summed E-state index contributed by atoms with van der Waals surface area (Å²) >= 11 is 0. The van der Waals surface area contributed by atoms with Gasteiger partial charge in [-0.3, -0.25) is 9.59 Å². The first-order chi connectivity index (χ1) is 10.5. The molecule has 1 amide bonds. The number of benzene rings is 1. The molecule has 0 saturated carbocycles. The van der Waals surface area contributed by atoms with Crippen LogP contribution in [0.5, 0.6) is 0 Å². The number of amides is 1. The summed E-state index contributed by atoms with van der Waals surface area (Å²) in [7, 11) is 0. The van der Waals surface area contributed by atoms with Crippen molar-refractivity contribution in [1.82, 2.24) is 4.98 Å². The SMILES string of the molecule is Cc1ccc(C(=O)CCC(=O)Nc2ccc(N)nc2C)cc1. The molecule has 22 heavy (non-hydrogen) atoms. The first kappa shape index (κ1) is 15.7. The largest absolute Gasteiger partial charge is 0.384 e. The summed E-state index contributed by atoms with van der Waals surface area (Å²) in [4.78, 5) is 28.0. The number of carbonyl (C=O) groups excluding carboxylic acids is 2.